The molecule has 0 unspecified atom stereocenters. The summed E-state index contributed by atoms with van der Waals surface area (Å²) in [6.07, 6.45) is 0. The van der Waals surface area contributed by atoms with Gasteiger partial charge in [0.1, 0.15) is 29.7 Å². The molecule has 0 saturated heterocycles. The molecule has 0 saturated carbocycles. The summed E-state index contributed by atoms with van der Waals surface area (Å²) in [5.74, 6) is 0.382. The lowest BCUT2D eigenvalue weighted by Gasteiger charge is -2.07. The number of para-hydroxylation sites is 1. The molecule has 150 valence electrons. The number of methoxy groups -OCH3 is 1. The Morgan fingerprint density at radius 3 is 2.66 bits per heavy atom. The normalized spacial score (nSPS) is 10.2. The Balaban J connectivity index is 1.40. The van der Waals surface area contributed by atoms with Gasteiger partial charge in [0, 0.05) is 10.9 Å². The second-order valence-electron chi connectivity index (χ2n) is 5.92. The van der Waals surface area contributed by atoms with E-state index in [4.69, 9.17) is 14.2 Å². The molecule has 0 aliphatic heterocycles. The number of hydrogen-bond acceptors (Lipinski definition) is 7. The zero-order valence-electron chi connectivity index (χ0n) is 15.8. The second kappa shape index (κ2) is 10.2. The van der Waals surface area contributed by atoms with Gasteiger partial charge in [-0.3, -0.25) is 9.59 Å². The number of benzene rings is 2. The summed E-state index contributed by atoms with van der Waals surface area (Å²) in [7, 11) is 1.61. The minimum Gasteiger partial charge on any atom is -0.497 e. The predicted molar refractivity (Wildman–Crippen MR) is 109 cm³/mol. The molecule has 29 heavy (non-hydrogen) atoms. The Kier molecular flexibility index (Phi) is 7.18. The second-order valence-corrected chi connectivity index (χ2v) is 6.77. The topological polar surface area (TPSA) is 86.8 Å². The number of ether oxygens (including phenoxy) is 3. The van der Waals surface area contributed by atoms with Gasteiger partial charge < -0.3 is 19.5 Å². The first-order valence-corrected chi connectivity index (χ1v) is 9.71. The zero-order valence-corrected chi connectivity index (χ0v) is 16.6. The van der Waals surface area contributed by atoms with Crippen LogP contribution in [0.5, 0.6) is 11.5 Å². The molecule has 1 amide bonds. The molecule has 3 aromatic rings. The predicted octanol–water partition coefficient (Wildman–Crippen LogP) is 3.06. The SMILES string of the molecule is COc1cccc(-c2nc(COC(=O)CNC(=O)COc3ccccc3)cs2)c1. The Hall–Kier alpha value is -3.39. The molecule has 0 radical (unpaired) electrons. The van der Waals surface area contributed by atoms with Crippen LogP contribution in [0.25, 0.3) is 10.6 Å². The van der Waals surface area contributed by atoms with E-state index >= 15 is 0 Å². The fraction of sp³-hybridized carbons (Fsp3) is 0.190. The van der Waals surface area contributed by atoms with Crippen molar-refractivity contribution in [2.75, 3.05) is 20.3 Å². The van der Waals surface area contributed by atoms with Gasteiger partial charge in [-0.15, -0.1) is 11.3 Å². The number of aromatic nitrogens is 1. The summed E-state index contributed by atoms with van der Waals surface area (Å²) >= 11 is 1.45. The van der Waals surface area contributed by atoms with Gasteiger partial charge in [-0.1, -0.05) is 30.3 Å². The highest BCUT2D eigenvalue weighted by Crippen LogP contribution is 2.27. The average Bonchev–Trinajstić information content (AvgIpc) is 3.25. The lowest BCUT2D eigenvalue weighted by Crippen LogP contribution is -2.34. The summed E-state index contributed by atoms with van der Waals surface area (Å²) in [5, 5.41) is 5.10. The van der Waals surface area contributed by atoms with Gasteiger partial charge in [0.05, 0.1) is 12.8 Å². The lowest BCUT2D eigenvalue weighted by molar-refractivity contribution is -0.145. The van der Waals surface area contributed by atoms with Crippen molar-refractivity contribution in [1.29, 1.82) is 0 Å². The summed E-state index contributed by atoms with van der Waals surface area (Å²) in [6, 6.07) is 16.5. The molecule has 8 heteroatoms. The maximum Gasteiger partial charge on any atom is 0.325 e. The van der Waals surface area contributed by atoms with Gasteiger partial charge in [0.2, 0.25) is 0 Å². The molecule has 1 N–H and O–H groups in total. The maximum atomic E-state index is 11.8. The molecule has 1 aromatic heterocycles. The monoisotopic (exact) mass is 412 g/mol. The number of amides is 1. The van der Waals surface area contributed by atoms with Gasteiger partial charge in [0.25, 0.3) is 5.91 Å². The van der Waals surface area contributed by atoms with Gasteiger partial charge in [-0.25, -0.2) is 4.98 Å². The van der Waals surface area contributed by atoms with Crippen LogP contribution in [0.4, 0.5) is 0 Å². The smallest absolute Gasteiger partial charge is 0.325 e. The van der Waals surface area contributed by atoms with Crippen LogP contribution < -0.4 is 14.8 Å². The van der Waals surface area contributed by atoms with Crippen LogP contribution >= 0.6 is 11.3 Å². The third kappa shape index (κ3) is 6.32. The number of carbonyl (C=O) groups is 2. The Bertz CT molecular complexity index is 958. The third-order valence-corrected chi connectivity index (χ3v) is 4.73. The number of carbonyl (C=O) groups excluding carboxylic acids is 2. The van der Waals surface area contributed by atoms with E-state index in [1.165, 1.54) is 11.3 Å². The highest BCUT2D eigenvalue weighted by molar-refractivity contribution is 7.13. The molecular weight excluding hydrogens is 392 g/mol. The highest BCUT2D eigenvalue weighted by Gasteiger charge is 2.10. The van der Waals surface area contributed by atoms with Crippen molar-refractivity contribution >= 4 is 23.2 Å². The van der Waals surface area contributed by atoms with Crippen molar-refractivity contribution in [3.05, 3.63) is 65.7 Å². The molecule has 7 nitrogen and oxygen atoms in total. The molecule has 1 heterocycles. The van der Waals surface area contributed by atoms with Gasteiger partial charge >= 0.3 is 5.97 Å². The van der Waals surface area contributed by atoms with Gasteiger partial charge in [0.15, 0.2) is 6.61 Å². The van der Waals surface area contributed by atoms with Crippen LogP contribution in [0, 0.1) is 0 Å². The van der Waals surface area contributed by atoms with E-state index in [-0.39, 0.29) is 19.8 Å². The summed E-state index contributed by atoms with van der Waals surface area (Å²) in [5.41, 5.74) is 1.57. The fourth-order valence-electron chi connectivity index (χ4n) is 2.35. The van der Waals surface area contributed by atoms with Crippen LogP contribution in [0.2, 0.25) is 0 Å². The van der Waals surface area contributed by atoms with E-state index in [9.17, 15) is 9.59 Å². The first-order valence-electron chi connectivity index (χ1n) is 8.83. The van der Waals surface area contributed by atoms with E-state index in [0.717, 1.165) is 16.3 Å². The molecule has 0 spiro atoms. The van der Waals surface area contributed by atoms with Crippen LogP contribution in [-0.2, 0) is 20.9 Å². The van der Waals surface area contributed by atoms with Crippen molar-refractivity contribution in [2.24, 2.45) is 0 Å². The minimum atomic E-state index is -0.547. The van der Waals surface area contributed by atoms with Crippen LogP contribution in [0.15, 0.2) is 60.0 Å². The fourth-order valence-corrected chi connectivity index (χ4v) is 3.16. The maximum absolute atomic E-state index is 11.8. The molecule has 2 aromatic carbocycles. The standard InChI is InChI=1S/C21H20N2O5S/c1-26-18-9-5-6-15(10-18)21-23-16(14-29-21)12-28-20(25)11-22-19(24)13-27-17-7-3-2-4-8-17/h2-10,14H,11-13H2,1H3,(H,22,24). The van der Waals surface area contributed by atoms with E-state index in [1.807, 2.05) is 47.8 Å². The van der Waals surface area contributed by atoms with Crippen molar-refractivity contribution in [2.45, 2.75) is 6.61 Å². The van der Waals surface area contributed by atoms with Gasteiger partial charge in [-0.2, -0.15) is 0 Å². The molecule has 0 fully saturated rings. The number of rotatable bonds is 9. The summed E-state index contributed by atoms with van der Waals surface area (Å²) in [4.78, 5) is 28.0. The quantitative estimate of drug-likeness (QED) is 0.544. The first kappa shape index (κ1) is 20.3. The molecule has 0 aliphatic carbocycles. The first-order chi connectivity index (χ1) is 14.1. The highest BCUT2D eigenvalue weighted by atomic mass is 32.1. The molecule has 3 rings (SSSR count). The molecule has 0 bridgehead atoms. The Morgan fingerprint density at radius 1 is 1.07 bits per heavy atom. The average molecular weight is 412 g/mol. The number of thiazole rings is 1. The van der Waals surface area contributed by atoms with Crippen molar-refractivity contribution < 1.29 is 23.8 Å². The summed E-state index contributed by atoms with van der Waals surface area (Å²) in [6.45, 7) is -0.368. The van der Waals surface area contributed by atoms with Crippen molar-refractivity contribution in [3.8, 4) is 22.1 Å². The lowest BCUT2D eigenvalue weighted by atomic mass is 10.2. The zero-order chi connectivity index (χ0) is 20.5. The third-order valence-electron chi connectivity index (χ3n) is 3.79. The molecular formula is C21H20N2O5S. The minimum absolute atomic E-state index is 0.0374. The van der Waals surface area contributed by atoms with Crippen molar-refractivity contribution in [1.82, 2.24) is 10.3 Å². The van der Waals surface area contributed by atoms with Crippen molar-refractivity contribution in [3.63, 3.8) is 0 Å². The van der Waals surface area contributed by atoms with Gasteiger partial charge in [-0.05, 0) is 24.3 Å². The van der Waals surface area contributed by atoms with E-state index in [0.29, 0.717) is 11.4 Å². The van der Waals surface area contributed by atoms with E-state index in [1.54, 1.807) is 19.2 Å². The number of nitrogens with one attached hydrogen (secondary N) is 1. The number of hydrogen-bond donors (Lipinski definition) is 1. The van der Waals surface area contributed by atoms with Crippen LogP contribution in [0.3, 0.4) is 0 Å². The largest absolute Gasteiger partial charge is 0.497 e. The summed E-state index contributed by atoms with van der Waals surface area (Å²) < 4.78 is 15.7. The number of nitrogens with zero attached hydrogens (tertiary/aromatic N) is 1. The van der Waals surface area contributed by atoms with E-state index in [2.05, 4.69) is 10.3 Å². The van der Waals surface area contributed by atoms with Crippen LogP contribution in [0.1, 0.15) is 5.69 Å². The number of esters is 1. The Morgan fingerprint density at radius 2 is 1.86 bits per heavy atom. The molecule has 0 aliphatic rings. The van der Waals surface area contributed by atoms with E-state index < -0.39 is 11.9 Å². The Labute approximate surface area is 172 Å². The van der Waals surface area contributed by atoms with Crippen LogP contribution in [-0.4, -0.2) is 37.1 Å². The molecule has 0 atom stereocenters.